The molecule has 0 amide bonds. The molecule has 0 spiro atoms. The molecule has 17 heavy (non-hydrogen) atoms. The van der Waals surface area contributed by atoms with E-state index in [1.165, 1.54) is 19.4 Å². The van der Waals surface area contributed by atoms with E-state index in [1.54, 1.807) is 7.11 Å². The smallest absolute Gasteiger partial charge is 0.191 e. The largest absolute Gasteiger partial charge is 0.383 e. The number of guanidine groups is 1. The summed E-state index contributed by atoms with van der Waals surface area (Å²) in [5.41, 5.74) is 0. The molecule has 5 heteroatoms. The minimum absolute atomic E-state index is 0.636. The van der Waals surface area contributed by atoms with Crippen molar-refractivity contribution >= 4 is 5.96 Å². The molecule has 2 N–H and O–H groups in total. The Morgan fingerprint density at radius 1 is 1.53 bits per heavy atom. The highest BCUT2D eigenvalue weighted by atomic mass is 16.5. The third-order valence-electron chi connectivity index (χ3n) is 3.48. The minimum Gasteiger partial charge on any atom is -0.383 e. The number of nitrogens with one attached hydrogen (secondary N) is 2. The van der Waals surface area contributed by atoms with Crippen molar-refractivity contribution in [1.29, 1.82) is 0 Å². The lowest BCUT2D eigenvalue weighted by molar-refractivity contribution is 0.141. The molecule has 0 aromatic rings. The van der Waals surface area contributed by atoms with E-state index in [9.17, 15) is 0 Å². The fraction of sp³-hybridized carbons (Fsp3) is 0.917. The van der Waals surface area contributed by atoms with Crippen LogP contribution in [0.2, 0.25) is 0 Å². The molecular weight excluding hydrogens is 216 g/mol. The Balaban J connectivity index is 1.71. The number of ether oxygens (including phenoxy) is 1. The summed E-state index contributed by atoms with van der Waals surface area (Å²) in [5, 5.41) is 6.72. The second-order valence-corrected chi connectivity index (χ2v) is 4.72. The van der Waals surface area contributed by atoms with Gasteiger partial charge < -0.3 is 15.4 Å². The zero-order chi connectivity index (χ0) is 11.9. The third-order valence-corrected chi connectivity index (χ3v) is 3.48. The van der Waals surface area contributed by atoms with E-state index in [2.05, 4.69) is 20.5 Å². The van der Waals surface area contributed by atoms with Crippen molar-refractivity contribution in [3.8, 4) is 0 Å². The van der Waals surface area contributed by atoms with Crippen LogP contribution in [-0.2, 0) is 4.74 Å². The molecule has 0 saturated carbocycles. The standard InChI is InChI=1S/C12H24N4O/c1-17-9-8-16-7-2-4-11(16)10-15-12-13-5-3-6-14-12/h11H,2-10H2,1H3,(H2,13,14,15). The molecule has 0 radical (unpaired) electrons. The van der Waals surface area contributed by atoms with Gasteiger partial charge in [-0.2, -0.15) is 0 Å². The Morgan fingerprint density at radius 2 is 2.47 bits per heavy atom. The summed E-state index contributed by atoms with van der Waals surface area (Å²) in [4.78, 5) is 6.94. The number of hydrogen-bond acceptors (Lipinski definition) is 5. The Hall–Kier alpha value is -0.810. The first-order valence-electron chi connectivity index (χ1n) is 6.65. The van der Waals surface area contributed by atoms with Gasteiger partial charge in [-0.15, -0.1) is 0 Å². The number of rotatable bonds is 5. The fourth-order valence-corrected chi connectivity index (χ4v) is 2.49. The molecule has 1 saturated heterocycles. The molecule has 2 heterocycles. The van der Waals surface area contributed by atoms with Gasteiger partial charge in [0.1, 0.15) is 0 Å². The van der Waals surface area contributed by atoms with Crippen LogP contribution in [0.3, 0.4) is 0 Å². The highest BCUT2D eigenvalue weighted by Crippen LogP contribution is 2.15. The van der Waals surface area contributed by atoms with Crippen molar-refractivity contribution < 1.29 is 4.74 Å². The van der Waals surface area contributed by atoms with E-state index in [-0.39, 0.29) is 0 Å². The van der Waals surface area contributed by atoms with Crippen molar-refractivity contribution in [3.63, 3.8) is 0 Å². The fourth-order valence-electron chi connectivity index (χ4n) is 2.49. The normalized spacial score (nSPS) is 25.5. The van der Waals surface area contributed by atoms with Crippen LogP contribution in [0, 0.1) is 0 Å². The molecule has 98 valence electrons. The van der Waals surface area contributed by atoms with Gasteiger partial charge in [-0.1, -0.05) is 0 Å². The zero-order valence-electron chi connectivity index (χ0n) is 10.7. The molecule has 2 aliphatic heterocycles. The lowest BCUT2D eigenvalue weighted by Gasteiger charge is -2.25. The Morgan fingerprint density at radius 3 is 3.24 bits per heavy atom. The average molecular weight is 240 g/mol. The van der Waals surface area contributed by atoms with Crippen LogP contribution < -0.4 is 10.6 Å². The molecule has 5 nitrogen and oxygen atoms in total. The van der Waals surface area contributed by atoms with Crippen LogP contribution in [0.1, 0.15) is 19.3 Å². The molecule has 1 atom stereocenters. The van der Waals surface area contributed by atoms with E-state index in [1.807, 2.05) is 0 Å². The molecule has 2 rings (SSSR count). The van der Waals surface area contributed by atoms with E-state index in [4.69, 9.17) is 4.74 Å². The van der Waals surface area contributed by atoms with Crippen LogP contribution in [0.25, 0.3) is 0 Å². The number of hydrogen-bond donors (Lipinski definition) is 2. The zero-order valence-corrected chi connectivity index (χ0v) is 10.7. The van der Waals surface area contributed by atoms with Crippen LogP contribution in [0.15, 0.2) is 4.99 Å². The highest BCUT2D eigenvalue weighted by molar-refractivity contribution is 5.80. The van der Waals surface area contributed by atoms with Gasteiger partial charge in [-0.05, 0) is 25.8 Å². The predicted molar refractivity (Wildman–Crippen MR) is 69.4 cm³/mol. The number of nitrogens with zero attached hydrogens (tertiary/aromatic N) is 2. The molecular formula is C12H24N4O. The van der Waals surface area contributed by atoms with Gasteiger partial charge in [0.15, 0.2) is 5.96 Å². The van der Waals surface area contributed by atoms with Gasteiger partial charge in [0.05, 0.1) is 6.61 Å². The van der Waals surface area contributed by atoms with Crippen LogP contribution in [0.4, 0.5) is 0 Å². The van der Waals surface area contributed by atoms with Gasteiger partial charge in [0.25, 0.3) is 0 Å². The first kappa shape index (κ1) is 12.6. The molecule has 1 unspecified atom stereocenters. The summed E-state index contributed by atoms with van der Waals surface area (Å²) in [5.74, 6) is 0.981. The summed E-state index contributed by atoms with van der Waals surface area (Å²) in [6.45, 7) is 6.07. The number of likely N-dealkylation sites (tertiary alicyclic amines) is 1. The summed E-state index contributed by atoms with van der Waals surface area (Å²) >= 11 is 0. The Bertz CT molecular complexity index is 257. The van der Waals surface area contributed by atoms with Crippen molar-refractivity contribution in [2.24, 2.45) is 4.99 Å². The molecule has 0 bridgehead atoms. The Kier molecular flexibility index (Phi) is 5.07. The minimum atomic E-state index is 0.636. The van der Waals surface area contributed by atoms with Crippen molar-refractivity contribution in [2.75, 3.05) is 46.4 Å². The van der Waals surface area contributed by atoms with Crippen LogP contribution >= 0.6 is 0 Å². The first-order chi connectivity index (χ1) is 8.40. The second-order valence-electron chi connectivity index (χ2n) is 4.72. The Labute approximate surface area is 104 Å². The molecule has 0 aliphatic carbocycles. The highest BCUT2D eigenvalue weighted by Gasteiger charge is 2.24. The second kappa shape index (κ2) is 6.81. The topological polar surface area (TPSA) is 48.9 Å². The van der Waals surface area contributed by atoms with Gasteiger partial charge in [0, 0.05) is 39.3 Å². The third kappa shape index (κ3) is 3.85. The van der Waals surface area contributed by atoms with E-state index >= 15 is 0 Å². The van der Waals surface area contributed by atoms with Gasteiger partial charge in [0.2, 0.25) is 0 Å². The van der Waals surface area contributed by atoms with Crippen LogP contribution in [-0.4, -0.2) is 63.3 Å². The van der Waals surface area contributed by atoms with Crippen molar-refractivity contribution in [2.45, 2.75) is 25.3 Å². The number of methoxy groups -OCH3 is 1. The summed E-state index contributed by atoms with van der Waals surface area (Å²) in [6.07, 6.45) is 3.73. The van der Waals surface area contributed by atoms with Gasteiger partial charge in [-0.25, -0.2) is 0 Å². The van der Waals surface area contributed by atoms with E-state index in [0.29, 0.717) is 6.04 Å². The monoisotopic (exact) mass is 240 g/mol. The number of aliphatic imine (C=N–C) groups is 1. The summed E-state index contributed by atoms with van der Waals surface area (Å²) in [6, 6.07) is 0.636. The molecule has 2 aliphatic rings. The van der Waals surface area contributed by atoms with E-state index < -0.39 is 0 Å². The van der Waals surface area contributed by atoms with Gasteiger partial charge >= 0.3 is 0 Å². The maximum Gasteiger partial charge on any atom is 0.191 e. The quantitative estimate of drug-likeness (QED) is 0.712. The van der Waals surface area contributed by atoms with Gasteiger partial charge in [-0.3, -0.25) is 9.89 Å². The maximum absolute atomic E-state index is 5.15. The first-order valence-corrected chi connectivity index (χ1v) is 6.65. The lowest BCUT2D eigenvalue weighted by Crippen LogP contribution is -2.47. The van der Waals surface area contributed by atoms with Crippen LogP contribution in [0.5, 0.6) is 0 Å². The molecule has 1 fully saturated rings. The SMILES string of the molecule is COCCN1CCCC1CNC1=NCCCN1. The lowest BCUT2D eigenvalue weighted by atomic mass is 10.2. The van der Waals surface area contributed by atoms with Crippen molar-refractivity contribution in [3.05, 3.63) is 0 Å². The summed E-state index contributed by atoms with van der Waals surface area (Å²) < 4.78 is 5.15. The average Bonchev–Trinajstić information content (AvgIpc) is 2.82. The maximum atomic E-state index is 5.15. The summed E-state index contributed by atoms with van der Waals surface area (Å²) in [7, 11) is 1.77. The van der Waals surface area contributed by atoms with Crippen molar-refractivity contribution in [1.82, 2.24) is 15.5 Å². The molecule has 0 aromatic carbocycles. The molecule has 0 aromatic heterocycles. The van der Waals surface area contributed by atoms with E-state index in [0.717, 1.165) is 45.2 Å². The predicted octanol–water partition coefficient (Wildman–Crippen LogP) is 0.0361.